The molecule has 2 heteroatoms. The van der Waals surface area contributed by atoms with Gasteiger partial charge in [0.1, 0.15) is 0 Å². The first-order valence-corrected chi connectivity index (χ1v) is 4.36. The lowest BCUT2D eigenvalue weighted by Crippen LogP contribution is -1.79. The molecule has 0 bridgehead atoms. The fourth-order valence-corrected chi connectivity index (χ4v) is 1.30. The van der Waals surface area contributed by atoms with Crippen LogP contribution in [0.15, 0.2) is 23.8 Å². The number of aryl methyl sites for hydroxylation is 1. The summed E-state index contributed by atoms with van der Waals surface area (Å²) in [4.78, 5) is 0. The number of allylic oxidation sites excluding steroid dienone is 1. The fourth-order valence-electron chi connectivity index (χ4n) is 1.01. The number of hydrogen-bond acceptors (Lipinski definition) is 1. The van der Waals surface area contributed by atoms with E-state index in [0.29, 0.717) is 10.6 Å². The Hall–Kier alpha value is -1.26. The van der Waals surface area contributed by atoms with Crippen LogP contribution in [0, 0.1) is 18.3 Å². The van der Waals surface area contributed by atoms with Crippen molar-refractivity contribution in [1.29, 1.82) is 5.26 Å². The Bertz CT molecular complexity index is 386. The van der Waals surface area contributed by atoms with Gasteiger partial charge in [0, 0.05) is 10.6 Å². The van der Waals surface area contributed by atoms with Gasteiger partial charge >= 0.3 is 0 Å². The Morgan fingerprint density at radius 1 is 1.54 bits per heavy atom. The van der Waals surface area contributed by atoms with E-state index in [0.717, 1.165) is 11.1 Å². The predicted molar refractivity (Wildman–Crippen MR) is 55.5 cm³/mol. The summed E-state index contributed by atoms with van der Waals surface area (Å²) in [5.41, 5.74) is 2.67. The van der Waals surface area contributed by atoms with Gasteiger partial charge in [-0.1, -0.05) is 23.7 Å². The zero-order chi connectivity index (χ0) is 9.84. The maximum atomic E-state index is 8.58. The van der Waals surface area contributed by atoms with Crippen molar-refractivity contribution in [2.24, 2.45) is 0 Å². The maximum Gasteiger partial charge on any atom is 0.0944 e. The molecule has 0 amide bonds. The highest BCUT2D eigenvalue weighted by Crippen LogP contribution is 2.19. The molecule has 0 aliphatic heterocycles. The van der Waals surface area contributed by atoms with Crippen molar-refractivity contribution < 1.29 is 0 Å². The molecule has 1 nitrogen and oxygen atoms in total. The number of halogens is 1. The van der Waals surface area contributed by atoms with E-state index in [4.69, 9.17) is 16.9 Å². The monoisotopic (exact) mass is 191 g/mol. The van der Waals surface area contributed by atoms with Crippen LogP contribution >= 0.6 is 11.6 Å². The average molecular weight is 192 g/mol. The first-order chi connectivity index (χ1) is 6.13. The van der Waals surface area contributed by atoms with Crippen LogP contribution in [0.4, 0.5) is 0 Å². The Labute approximate surface area is 83.3 Å². The molecule has 0 unspecified atom stereocenters. The number of rotatable bonds is 1. The van der Waals surface area contributed by atoms with Crippen LogP contribution in [0.2, 0.25) is 5.02 Å². The molecule has 1 aromatic rings. The zero-order valence-corrected chi connectivity index (χ0v) is 8.39. The van der Waals surface area contributed by atoms with E-state index < -0.39 is 0 Å². The van der Waals surface area contributed by atoms with Gasteiger partial charge in [0.05, 0.1) is 6.07 Å². The summed E-state index contributed by atoms with van der Waals surface area (Å²) in [7, 11) is 0. The smallest absolute Gasteiger partial charge is 0.0944 e. The van der Waals surface area contributed by atoms with Gasteiger partial charge in [-0.3, -0.25) is 0 Å². The third-order valence-corrected chi connectivity index (χ3v) is 2.03. The van der Waals surface area contributed by atoms with Crippen molar-refractivity contribution in [2.75, 3.05) is 0 Å². The third-order valence-electron chi connectivity index (χ3n) is 1.70. The van der Waals surface area contributed by atoms with E-state index in [2.05, 4.69) is 6.07 Å². The summed E-state index contributed by atoms with van der Waals surface area (Å²) >= 11 is 5.98. The molecule has 66 valence electrons. The first-order valence-electron chi connectivity index (χ1n) is 3.98. The molecular formula is C11H10ClN. The molecule has 0 radical (unpaired) electrons. The SMILES string of the molecule is C/C(C#N)=C/c1ccc(C)cc1Cl. The van der Waals surface area contributed by atoms with E-state index >= 15 is 0 Å². The van der Waals surface area contributed by atoms with E-state index in [1.165, 1.54) is 0 Å². The minimum atomic E-state index is 0.658. The minimum Gasteiger partial charge on any atom is -0.193 e. The summed E-state index contributed by atoms with van der Waals surface area (Å²) in [6.07, 6.45) is 1.78. The highest BCUT2D eigenvalue weighted by molar-refractivity contribution is 6.32. The van der Waals surface area contributed by atoms with E-state index in [1.807, 2.05) is 25.1 Å². The van der Waals surface area contributed by atoms with Gasteiger partial charge in [0.25, 0.3) is 0 Å². The van der Waals surface area contributed by atoms with Gasteiger partial charge in [-0.25, -0.2) is 0 Å². The van der Waals surface area contributed by atoms with Crippen LogP contribution in [-0.2, 0) is 0 Å². The largest absolute Gasteiger partial charge is 0.193 e. The molecule has 0 aliphatic rings. The highest BCUT2D eigenvalue weighted by atomic mass is 35.5. The molecular weight excluding hydrogens is 182 g/mol. The van der Waals surface area contributed by atoms with Gasteiger partial charge in [-0.2, -0.15) is 5.26 Å². The van der Waals surface area contributed by atoms with Crippen molar-refractivity contribution in [2.45, 2.75) is 13.8 Å². The molecule has 0 heterocycles. The standard InChI is InChI=1S/C11H10ClN/c1-8-3-4-10(11(12)6-8)5-9(2)7-13/h3-6H,1-2H3/b9-5-. The van der Waals surface area contributed by atoms with Crippen LogP contribution in [0.5, 0.6) is 0 Å². The fraction of sp³-hybridized carbons (Fsp3) is 0.182. The van der Waals surface area contributed by atoms with Crippen LogP contribution in [-0.4, -0.2) is 0 Å². The van der Waals surface area contributed by atoms with Gasteiger partial charge in [0.2, 0.25) is 0 Å². The minimum absolute atomic E-state index is 0.658. The summed E-state index contributed by atoms with van der Waals surface area (Å²) in [6.45, 7) is 3.74. The van der Waals surface area contributed by atoms with Gasteiger partial charge < -0.3 is 0 Å². The van der Waals surface area contributed by atoms with Crippen LogP contribution < -0.4 is 0 Å². The van der Waals surface area contributed by atoms with Crippen molar-refractivity contribution in [3.8, 4) is 6.07 Å². The van der Waals surface area contributed by atoms with Crippen molar-refractivity contribution in [3.63, 3.8) is 0 Å². The second kappa shape index (κ2) is 4.11. The number of nitriles is 1. The normalized spacial score (nSPS) is 11.1. The molecule has 0 saturated heterocycles. The summed E-state index contributed by atoms with van der Waals surface area (Å²) < 4.78 is 0. The lowest BCUT2D eigenvalue weighted by molar-refractivity contribution is 1.44. The first kappa shape index (κ1) is 9.83. The van der Waals surface area contributed by atoms with E-state index in [-0.39, 0.29) is 0 Å². The third kappa shape index (κ3) is 2.61. The molecule has 0 aliphatic carbocycles. The molecule has 0 saturated carbocycles. The number of benzene rings is 1. The molecule has 0 spiro atoms. The lowest BCUT2D eigenvalue weighted by Gasteiger charge is -1.99. The Morgan fingerprint density at radius 2 is 2.23 bits per heavy atom. The molecule has 13 heavy (non-hydrogen) atoms. The quantitative estimate of drug-likeness (QED) is 0.623. The Kier molecular flexibility index (Phi) is 3.11. The number of nitrogens with zero attached hydrogens (tertiary/aromatic N) is 1. The van der Waals surface area contributed by atoms with E-state index in [9.17, 15) is 0 Å². The topological polar surface area (TPSA) is 23.8 Å². The van der Waals surface area contributed by atoms with Crippen LogP contribution in [0.3, 0.4) is 0 Å². The Morgan fingerprint density at radius 3 is 2.77 bits per heavy atom. The second-order valence-electron chi connectivity index (χ2n) is 2.96. The lowest BCUT2D eigenvalue weighted by atomic mass is 10.1. The zero-order valence-electron chi connectivity index (χ0n) is 7.63. The van der Waals surface area contributed by atoms with Gasteiger partial charge in [-0.15, -0.1) is 0 Å². The predicted octanol–water partition coefficient (Wildman–Crippen LogP) is 3.58. The van der Waals surface area contributed by atoms with Crippen molar-refractivity contribution in [1.82, 2.24) is 0 Å². The molecule has 0 atom stereocenters. The summed E-state index contributed by atoms with van der Waals surface area (Å²) in [6, 6.07) is 7.83. The van der Waals surface area contributed by atoms with Gasteiger partial charge in [-0.05, 0) is 37.1 Å². The number of hydrogen-bond donors (Lipinski definition) is 0. The molecule has 0 aromatic heterocycles. The van der Waals surface area contributed by atoms with E-state index in [1.54, 1.807) is 13.0 Å². The highest BCUT2D eigenvalue weighted by Gasteiger charge is 1.97. The molecule has 0 N–H and O–H groups in total. The maximum absolute atomic E-state index is 8.58. The van der Waals surface area contributed by atoms with Crippen LogP contribution in [0.1, 0.15) is 18.1 Å². The van der Waals surface area contributed by atoms with Crippen LogP contribution in [0.25, 0.3) is 6.08 Å². The second-order valence-corrected chi connectivity index (χ2v) is 3.37. The molecule has 0 fully saturated rings. The Balaban J connectivity index is 3.12. The average Bonchev–Trinajstić information content (AvgIpc) is 2.09. The van der Waals surface area contributed by atoms with Crippen molar-refractivity contribution in [3.05, 3.63) is 39.9 Å². The molecule has 1 aromatic carbocycles. The molecule has 1 rings (SSSR count). The summed E-state index contributed by atoms with van der Waals surface area (Å²) in [5, 5.41) is 9.27. The summed E-state index contributed by atoms with van der Waals surface area (Å²) in [5.74, 6) is 0. The van der Waals surface area contributed by atoms with Gasteiger partial charge in [0.15, 0.2) is 0 Å². The van der Waals surface area contributed by atoms with Crippen molar-refractivity contribution >= 4 is 17.7 Å².